The van der Waals surface area contributed by atoms with Gasteiger partial charge in [-0.15, -0.1) is 0 Å². The molecule has 0 radical (unpaired) electrons. The lowest BCUT2D eigenvalue weighted by atomic mass is 9.77. The summed E-state index contributed by atoms with van der Waals surface area (Å²) in [6.45, 7) is 5.59. The van der Waals surface area contributed by atoms with Crippen molar-refractivity contribution in [3.8, 4) is 11.3 Å². The molecule has 1 aromatic rings. The minimum atomic E-state index is -4.59. The Balaban J connectivity index is 1.70. The lowest BCUT2D eigenvalue weighted by molar-refractivity contribution is -0.138. The summed E-state index contributed by atoms with van der Waals surface area (Å²) >= 11 is 0. The molecule has 1 unspecified atom stereocenters. The Bertz CT molecular complexity index is 2270. The van der Waals surface area contributed by atoms with Crippen molar-refractivity contribution < 1.29 is 62.7 Å². The summed E-state index contributed by atoms with van der Waals surface area (Å²) in [4.78, 5) is 12.3. The van der Waals surface area contributed by atoms with Crippen LogP contribution in [0.4, 0.5) is 5.69 Å². The SMILES string of the molecule is CC[N+](CCCS(=O)(=O)O)=c1ccc2c(C=CC=C3N(CCOCCOCCC(=O)O)c4ccc(S(=O)(=O)O)cc4C3(C)CCCS(=O)(=O)O)ccoc-2c1. The summed E-state index contributed by atoms with van der Waals surface area (Å²) in [7, 11) is -13.0. The lowest BCUT2D eigenvalue weighted by Crippen LogP contribution is -2.31. The molecule has 19 heteroatoms. The largest absolute Gasteiger partial charge is 0.481 e. The summed E-state index contributed by atoms with van der Waals surface area (Å²) < 4.78 is 118. The van der Waals surface area contributed by atoms with Crippen molar-refractivity contribution in [1.29, 1.82) is 0 Å². The molecule has 4 rings (SSSR count). The molecule has 1 aliphatic carbocycles. The van der Waals surface area contributed by atoms with Gasteiger partial charge in [0.05, 0.1) is 61.6 Å². The highest BCUT2D eigenvalue weighted by atomic mass is 32.2. The maximum atomic E-state index is 12.2. The van der Waals surface area contributed by atoms with E-state index in [0.717, 1.165) is 16.5 Å². The van der Waals surface area contributed by atoms with Crippen LogP contribution in [0.25, 0.3) is 17.4 Å². The van der Waals surface area contributed by atoms with Gasteiger partial charge in [-0.1, -0.05) is 12.2 Å². The van der Waals surface area contributed by atoms with E-state index in [-0.39, 0.29) is 69.3 Å². The van der Waals surface area contributed by atoms with E-state index < -0.39 is 47.5 Å². The van der Waals surface area contributed by atoms with Crippen molar-refractivity contribution in [3.63, 3.8) is 0 Å². The van der Waals surface area contributed by atoms with Crippen molar-refractivity contribution in [2.45, 2.75) is 49.8 Å². The second kappa shape index (κ2) is 18.8. The molecule has 0 aromatic heterocycles. The molecule has 0 spiro atoms. The summed E-state index contributed by atoms with van der Waals surface area (Å²) in [5.41, 5.74) is 2.36. The van der Waals surface area contributed by atoms with Gasteiger partial charge < -0.3 is 23.9 Å². The van der Waals surface area contributed by atoms with Gasteiger partial charge in [-0.3, -0.25) is 18.5 Å². The number of ether oxygens (including phenoxy) is 2. The monoisotopic (exact) mass is 827 g/mol. The summed E-state index contributed by atoms with van der Waals surface area (Å²) in [5, 5.41) is 9.59. The highest BCUT2D eigenvalue weighted by Gasteiger charge is 2.43. The van der Waals surface area contributed by atoms with Crippen LogP contribution in [0.15, 0.2) is 75.9 Å². The first-order valence-electron chi connectivity index (χ1n) is 17.5. The molecule has 2 aliphatic heterocycles. The zero-order valence-corrected chi connectivity index (χ0v) is 33.0. The average Bonchev–Trinajstić information content (AvgIpc) is 3.32. The molecule has 0 saturated carbocycles. The van der Waals surface area contributed by atoms with Crippen LogP contribution in [0.1, 0.15) is 50.7 Å². The predicted molar refractivity (Wildman–Crippen MR) is 205 cm³/mol. The zero-order valence-electron chi connectivity index (χ0n) is 30.5. The summed E-state index contributed by atoms with van der Waals surface area (Å²) in [6, 6.07) is 11.6. The maximum Gasteiger partial charge on any atom is 0.305 e. The molecule has 16 nitrogen and oxygen atoms in total. The number of nitrogens with zero attached hydrogens (tertiary/aromatic N) is 2. The number of hydrogen-bond donors (Lipinski definition) is 4. The first kappa shape index (κ1) is 43.8. The van der Waals surface area contributed by atoms with Gasteiger partial charge in [-0.05, 0) is 74.2 Å². The van der Waals surface area contributed by atoms with Crippen LogP contribution in [0.5, 0.6) is 0 Å². The maximum absolute atomic E-state index is 12.2. The van der Waals surface area contributed by atoms with Crippen molar-refractivity contribution in [3.05, 3.63) is 83.1 Å². The highest BCUT2D eigenvalue weighted by Crippen LogP contribution is 2.51. The molecular weight excluding hydrogens is 781 g/mol. The van der Waals surface area contributed by atoms with Gasteiger partial charge in [0.1, 0.15) is 18.8 Å². The van der Waals surface area contributed by atoms with Crippen molar-refractivity contribution in [2.24, 2.45) is 0 Å². The number of carboxylic acid groups (broad SMARTS) is 1. The number of carboxylic acids is 1. The van der Waals surface area contributed by atoms with E-state index in [1.165, 1.54) is 18.4 Å². The van der Waals surface area contributed by atoms with Crippen molar-refractivity contribution in [1.82, 2.24) is 4.58 Å². The standard InChI is InChI=1S/C36H46N2O14S3/c1-3-37(16-6-24-54(44,45)46)28-9-11-30-27(13-19-52-33(30)25-28)7-4-8-34-36(2,15-5-23-53(41,42)43)31-26-29(55(47,48)49)10-12-32(31)38(34)17-20-51-22-21-50-18-14-35(39)40/h4,7-13,19,25-26H,3,5-6,14-18,20-24H2,1-2H3,(H3-,39,40,41,42,43,44,45,46,47,48,49)/p+1. The van der Waals surface area contributed by atoms with Gasteiger partial charge in [0.25, 0.3) is 30.4 Å². The number of fused-ring (bicyclic) bond motifs is 2. The fourth-order valence-electron chi connectivity index (χ4n) is 6.55. The molecule has 1 atom stereocenters. The number of rotatable bonds is 21. The van der Waals surface area contributed by atoms with Gasteiger partial charge >= 0.3 is 5.97 Å². The molecule has 0 bridgehead atoms. The van der Waals surface area contributed by atoms with Crippen LogP contribution in [0, 0.1) is 0 Å². The van der Waals surface area contributed by atoms with Crippen molar-refractivity contribution in [2.75, 3.05) is 62.5 Å². The Kier molecular flexibility index (Phi) is 15.0. The minimum Gasteiger partial charge on any atom is -0.481 e. The van der Waals surface area contributed by atoms with Crippen LogP contribution >= 0.6 is 0 Å². The van der Waals surface area contributed by atoms with Crippen LogP contribution in [-0.2, 0) is 50.0 Å². The second-order valence-electron chi connectivity index (χ2n) is 13.1. The third-order valence-electron chi connectivity index (χ3n) is 9.20. The number of benzene rings is 2. The second-order valence-corrected chi connectivity index (χ2v) is 17.6. The smallest absolute Gasteiger partial charge is 0.305 e. The minimum absolute atomic E-state index is 0.0295. The quantitative estimate of drug-likeness (QED) is 0.0683. The van der Waals surface area contributed by atoms with Crippen LogP contribution in [0.3, 0.4) is 0 Å². The zero-order chi connectivity index (χ0) is 40.4. The number of carbonyl (C=O) groups is 1. The lowest BCUT2D eigenvalue weighted by Gasteiger charge is -2.30. The molecule has 0 saturated heterocycles. The van der Waals surface area contributed by atoms with Gasteiger partial charge in [0.15, 0.2) is 0 Å². The Morgan fingerprint density at radius 1 is 0.909 bits per heavy atom. The predicted octanol–water partition coefficient (Wildman–Crippen LogP) is 3.55. The molecule has 0 fully saturated rings. The van der Waals surface area contributed by atoms with E-state index in [0.29, 0.717) is 35.8 Å². The number of aliphatic carboxylic acids is 1. The van der Waals surface area contributed by atoms with Crippen LogP contribution in [-0.4, -0.2) is 108 Å². The molecular formula is C36H47N2O14S3+. The number of anilines is 1. The third-order valence-corrected chi connectivity index (χ3v) is 11.7. The Hall–Kier alpha value is -3.95. The Morgan fingerprint density at radius 2 is 1.60 bits per heavy atom. The Morgan fingerprint density at radius 3 is 2.25 bits per heavy atom. The Labute approximate surface area is 321 Å². The number of allylic oxidation sites excluding steroid dienone is 3. The fraction of sp³-hybridized carbons (Fsp3) is 0.444. The van der Waals surface area contributed by atoms with Gasteiger partial charge in [0.2, 0.25) is 5.36 Å². The van der Waals surface area contributed by atoms with E-state index in [9.17, 15) is 39.2 Å². The molecule has 2 heterocycles. The van der Waals surface area contributed by atoms with Crippen LogP contribution in [0.2, 0.25) is 0 Å². The molecule has 4 N–H and O–H groups in total. The molecule has 1 aromatic carbocycles. The molecule has 302 valence electrons. The van der Waals surface area contributed by atoms with Gasteiger partial charge in [-0.2, -0.15) is 25.3 Å². The van der Waals surface area contributed by atoms with Gasteiger partial charge in [0, 0.05) is 41.4 Å². The first-order chi connectivity index (χ1) is 25.8. The van der Waals surface area contributed by atoms with E-state index in [4.69, 9.17) is 23.6 Å². The number of hydrogen-bond acceptors (Lipinski definition) is 11. The van der Waals surface area contributed by atoms with E-state index in [2.05, 4.69) is 0 Å². The normalized spacial score (nSPS) is 17.7. The van der Waals surface area contributed by atoms with E-state index in [1.807, 2.05) is 53.7 Å². The van der Waals surface area contributed by atoms with Gasteiger partial charge in [-0.25, -0.2) is 4.58 Å². The molecule has 3 aliphatic rings. The highest BCUT2D eigenvalue weighted by molar-refractivity contribution is 7.86. The summed E-state index contributed by atoms with van der Waals surface area (Å²) in [6.07, 6.45) is 7.31. The topological polar surface area (TPSA) is 238 Å². The molecule has 55 heavy (non-hydrogen) atoms. The van der Waals surface area contributed by atoms with E-state index >= 15 is 0 Å². The third kappa shape index (κ3) is 12.5. The first-order valence-corrected chi connectivity index (χ1v) is 22.1. The average molecular weight is 828 g/mol. The fourth-order valence-corrected chi connectivity index (χ4v) is 8.06. The summed E-state index contributed by atoms with van der Waals surface area (Å²) in [5.74, 6) is -1.29. The van der Waals surface area contributed by atoms with Crippen LogP contribution < -0.4 is 14.8 Å². The molecule has 0 amide bonds. The van der Waals surface area contributed by atoms with E-state index in [1.54, 1.807) is 18.2 Å². The van der Waals surface area contributed by atoms with Crippen molar-refractivity contribution >= 4 is 48.1 Å².